The van der Waals surface area contributed by atoms with Crippen LogP contribution < -0.4 is 0 Å². The van der Waals surface area contributed by atoms with Crippen LogP contribution in [-0.2, 0) is 0 Å². The maximum absolute atomic E-state index is 13.5. The van der Waals surface area contributed by atoms with Crippen LogP contribution in [0.3, 0.4) is 0 Å². The molecule has 1 N–H and O–H groups in total. The predicted molar refractivity (Wildman–Crippen MR) is 69.3 cm³/mol. The first kappa shape index (κ1) is 13.6. The van der Waals surface area contributed by atoms with Gasteiger partial charge in [0.05, 0.1) is 18.2 Å². The van der Waals surface area contributed by atoms with Crippen LogP contribution in [0.2, 0.25) is 0 Å². The van der Waals surface area contributed by atoms with E-state index in [4.69, 9.17) is 0 Å². The van der Waals surface area contributed by atoms with Crippen LogP contribution in [-0.4, -0.2) is 41.5 Å². The number of carbonyl (C=O) groups excluding carboxylic acids is 1. The summed E-state index contributed by atoms with van der Waals surface area (Å²) in [6.07, 6.45) is 1.55. The van der Waals surface area contributed by atoms with Crippen LogP contribution in [0.4, 0.5) is 8.78 Å². The van der Waals surface area contributed by atoms with Crippen LogP contribution in [0.5, 0.6) is 0 Å². The first-order chi connectivity index (χ1) is 9.54. The number of fused-ring (bicyclic) bond motifs is 1. The summed E-state index contributed by atoms with van der Waals surface area (Å²) in [5.74, 6) is -1.15. The van der Waals surface area contributed by atoms with E-state index in [9.17, 15) is 18.7 Å². The fourth-order valence-corrected chi connectivity index (χ4v) is 3.46. The molecular weight excluding hydrogens is 264 g/mol. The summed E-state index contributed by atoms with van der Waals surface area (Å²) in [7, 11) is 0. The number of aliphatic hydroxyl groups excluding tert-OH is 1. The molecule has 0 bridgehead atoms. The Hall–Kier alpha value is -1.33. The Morgan fingerprint density at radius 2 is 2.10 bits per heavy atom. The van der Waals surface area contributed by atoms with E-state index < -0.39 is 11.6 Å². The quantitative estimate of drug-likeness (QED) is 0.860. The molecule has 0 amide bonds. The first-order valence-corrected chi connectivity index (χ1v) is 6.93. The first-order valence-electron chi connectivity index (χ1n) is 6.93. The molecule has 1 aliphatic carbocycles. The number of benzene rings is 1. The second kappa shape index (κ2) is 5.22. The number of halogens is 2. The standard InChI is InChI=1S/C15H17F2NO2/c16-10-2-3-11(13(17)5-10)15(20)8-18-6-9-1-4-14(19)12(9)7-18/h2-3,5,9,12,14,19H,1,4,6-8H2. The van der Waals surface area contributed by atoms with Crippen molar-refractivity contribution in [2.75, 3.05) is 19.6 Å². The van der Waals surface area contributed by atoms with Crippen molar-refractivity contribution in [3.05, 3.63) is 35.4 Å². The Balaban J connectivity index is 1.65. The predicted octanol–water partition coefficient (Wildman–Crippen LogP) is 1.85. The fraction of sp³-hybridized carbons (Fsp3) is 0.533. The summed E-state index contributed by atoms with van der Waals surface area (Å²) < 4.78 is 26.4. The molecule has 0 radical (unpaired) electrons. The molecule has 2 fully saturated rings. The largest absolute Gasteiger partial charge is 0.393 e. The van der Waals surface area contributed by atoms with Crippen molar-refractivity contribution >= 4 is 5.78 Å². The number of aliphatic hydroxyl groups is 1. The van der Waals surface area contributed by atoms with E-state index in [1.54, 1.807) is 0 Å². The van der Waals surface area contributed by atoms with Gasteiger partial charge in [0, 0.05) is 25.1 Å². The van der Waals surface area contributed by atoms with Crippen molar-refractivity contribution in [1.29, 1.82) is 0 Å². The average molecular weight is 281 g/mol. The van der Waals surface area contributed by atoms with Crippen LogP contribution in [0.1, 0.15) is 23.2 Å². The molecule has 1 aliphatic heterocycles. The third-order valence-corrected chi connectivity index (χ3v) is 4.49. The van der Waals surface area contributed by atoms with Gasteiger partial charge in [-0.1, -0.05) is 0 Å². The minimum absolute atomic E-state index is 0.0657. The number of Topliss-reactive ketones (excluding diaryl/α,β-unsaturated/α-hetero) is 1. The van der Waals surface area contributed by atoms with Crippen molar-refractivity contribution in [2.24, 2.45) is 11.8 Å². The van der Waals surface area contributed by atoms with E-state index in [2.05, 4.69) is 0 Å². The molecule has 0 aromatic heterocycles. The molecule has 5 heteroatoms. The zero-order valence-corrected chi connectivity index (χ0v) is 11.1. The van der Waals surface area contributed by atoms with Crippen molar-refractivity contribution in [1.82, 2.24) is 4.90 Å². The summed E-state index contributed by atoms with van der Waals surface area (Å²) in [5.41, 5.74) is -0.0657. The van der Waals surface area contributed by atoms with Crippen LogP contribution >= 0.6 is 0 Å². The number of likely N-dealkylation sites (tertiary alicyclic amines) is 1. The van der Waals surface area contributed by atoms with Gasteiger partial charge in [-0.3, -0.25) is 9.69 Å². The maximum Gasteiger partial charge on any atom is 0.179 e. The van der Waals surface area contributed by atoms with E-state index in [0.717, 1.165) is 31.5 Å². The molecular formula is C15H17F2NO2. The Kier molecular flexibility index (Phi) is 3.56. The van der Waals surface area contributed by atoms with Gasteiger partial charge in [-0.25, -0.2) is 8.78 Å². The van der Waals surface area contributed by atoms with E-state index in [1.165, 1.54) is 6.07 Å². The SMILES string of the molecule is O=C(CN1CC2CCC(O)C2C1)c1ccc(F)cc1F. The van der Waals surface area contributed by atoms with Gasteiger partial charge in [-0.05, 0) is 30.9 Å². The lowest BCUT2D eigenvalue weighted by Gasteiger charge is -2.17. The minimum atomic E-state index is -0.811. The fourth-order valence-electron chi connectivity index (χ4n) is 3.46. The Bertz CT molecular complexity index is 535. The zero-order valence-electron chi connectivity index (χ0n) is 11.1. The molecule has 3 unspecified atom stereocenters. The lowest BCUT2D eigenvalue weighted by atomic mass is 10.00. The van der Waals surface area contributed by atoms with Gasteiger partial charge in [0.2, 0.25) is 0 Å². The van der Waals surface area contributed by atoms with Gasteiger partial charge in [0.1, 0.15) is 11.6 Å². The van der Waals surface area contributed by atoms with Gasteiger partial charge in [-0.2, -0.15) is 0 Å². The summed E-state index contributed by atoms with van der Waals surface area (Å²) in [6.45, 7) is 1.58. The van der Waals surface area contributed by atoms with Gasteiger partial charge >= 0.3 is 0 Å². The Labute approximate surface area is 116 Å². The van der Waals surface area contributed by atoms with E-state index in [-0.39, 0.29) is 29.9 Å². The number of ketones is 1. The summed E-state index contributed by atoms with van der Waals surface area (Å²) >= 11 is 0. The third kappa shape index (κ3) is 2.47. The molecule has 3 atom stereocenters. The normalized spacial score (nSPS) is 29.6. The van der Waals surface area contributed by atoms with Crippen molar-refractivity contribution < 1.29 is 18.7 Å². The molecule has 1 saturated carbocycles. The average Bonchev–Trinajstić information content (AvgIpc) is 2.91. The van der Waals surface area contributed by atoms with E-state index >= 15 is 0 Å². The van der Waals surface area contributed by atoms with E-state index in [1.807, 2.05) is 4.90 Å². The molecule has 1 saturated heterocycles. The highest BCUT2D eigenvalue weighted by Gasteiger charge is 2.42. The maximum atomic E-state index is 13.5. The monoisotopic (exact) mass is 281 g/mol. The van der Waals surface area contributed by atoms with Gasteiger partial charge in [0.25, 0.3) is 0 Å². The molecule has 1 aromatic rings. The second-order valence-corrected chi connectivity index (χ2v) is 5.81. The number of hydrogen-bond acceptors (Lipinski definition) is 3. The van der Waals surface area contributed by atoms with Crippen molar-refractivity contribution in [3.63, 3.8) is 0 Å². The minimum Gasteiger partial charge on any atom is -0.393 e. The van der Waals surface area contributed by atoms with Crippen molar-refractivity contribution in [2.45, 2.75) is 18.9 Å². The highest BCUT2D eigenvalue weighted by Crippen LogP contribution is 2.37. The van der Waals surface area contributed by atoms with E-state index in [0.29, 0.717) is 12.5 Å². The molecule has 3 nitrogen and oxygen atoms in total. The molecule has 108 valence electrons. The highest BCUT2D eigenvalue weighted by molar-refractivity contribution is 5.97. The molecule has 0 spiro atoms. The molecule has 20 heavy (non-hydrogen) atoms. The molecule has 1 heterocycles. The molecule has 1 aromatic carbocycles. The van der Waals surface area contributed by atoms with Crippen LogP contribution in [0, 0.1) is 23.5 Å². The van der Waals surface area contributed by atoms with Crippen LogP contribution in [0.15, 0.2) is 18.2 Å². The Morgan fingerprint density at radius 3 is 2.80 bits per heavy atom. The lowest BCUT2D eigenvalue weighted by Crippen LogP contribution is -2.30. The number of hydrogen-bond donors (Lipinski definition) is 1. The third-order valence-electron chi connectivity index (χ3n) is 4.49. The number of carbonyl (C=O) groups is 1. The second-order valence-electron chi connectivity index (χ2n) is 5.81. The number of rotatable bonds is 3. The van der Waals surface area contributed by atoms with Gasteiger partial charge in [-0.15, -0.1) is 0 Å². The lowest BCUT2D eigenvalue weighted by molar-refractivity contribution is 0.0916. The molecule has 2 aliphatic rings. The molecule has 3 rings (SSSR count). The smallest absolute Gasteiger partial charge is 0.179 e. The highest BCUT2D eigenvalue weighted by atomic mass is 19.1. The van der Waals surface area contributed by atoms with Gasteiger partial charge < -0.3 is 5.11 Å². The van der Waals surface area contributed by atoms with Gasteiger partial charge in [0.15, 0.2) is 5.78 Å². The summed E-state index contributed by atoms with van der Waals surface area (Å²) in [5, 5.41) is 9.83. The summed E-state index contributed by atoms with van der Waals surface area (Å²) in [6, 6.07) is 3.02. The van der Waals surface area contributed by atoms with Crippen LogP contribution in [0.25, 0.3) is 0 Å². The zero-order chi connectivity index (χ0) is 14.3. The van der Waals surface area contributed by atoms with Crippen molar-refractivity contribution in [3.8, 4) is 0 Å². The summed E-state index contributed by atoms with van der Waals surface area (Å²) in [4.78, 5) is 14.0. The number of nitrogens with zero attached hydrogens (tertiary/aromatic N) is 1. The Morgan fingerprint density at radius 1 is 1.30 bits per heavy atom. The topological polar surface area (TPSA) is 40.5 Å².